The average molecular weight is 427 g/mol. The molecule has 29 heavy (non-hydrogen) atoms. The van der Waals surface area contributed by atoms with E-state index >= 15 is 0 Å². The maximum absolute atomic E-state index is 12.7. The van der Waals surface area contributed by atoms with Crippen LogP contribution in [0.1, 0.15) is 47.5 Å². The molecule has 1 aromatic carbocycles. The first-order valence-electron chi connectivity index (χ1n) is 9.57. The average Bonchev–Trinajstić information content (AvgIpc) is 3.35. The molecule has 0 amide bonds. The van der Waals surface area contributed by atoms with E-state index in [0.29, 0.717) is 17.5 Å². The van der Waals surface area contributed by atoms with Crippen molar-refractivity contribution in [3.63, 3.8) is 0 Å². The van der Waals surface area contributed by atoms with Crippen LogP contribution in [0.15, 0.2) is 28.6 Å². The Morgan fingerprint density at radius 1 is 1.24 bits per heavy atom. The summed E-state index contributed by atoms with van der Waals surface area (Å²) in [5, 5.41) is 7.56. The summed E-state index contributed by atoms with van der Waals surface area (Å²) in [5.41, 5.74) is 1.28. The van der Waals surface area contributed by atoms with E-state index in [1.165, 1.54) is 12.8 Å². The fourth-order valence-electron chi connectivity index (χ4n) is 3.18. The van der Waals surface area contributed by atoms with Gasteiger partial charge in [-0.3, -0.25) is 4.99 Å². The Labute approximate surface area is 172 Å². The summed E-state index contributed by atoms with van der Waals surface area (Å²) in [4.78, 5) is 7.75. The number of ether oxygens (including phenoxy) is 1. The number of aliphatic imine (C=N–C) groups is 1. The van der Waals surface area contributed by atoms with Gasteiger partial charge in [0, 0.05) is 24.5 Å². The molecule has 1 aliphatic carbocycles. The highest BCUT2D eigenvalue weighted by molar-refractivity contribution is 7.09. The summed E-state index contributed by atoms with van der Waals surface area (Å²) in [7, 11) is 1.61. The molecule has 0 spiro atoms. The van der Waals surface area contributed by atoms with Crippen molar-refractivity contribution in [3.8, 4) is 5.75 Å². The van der Waals surface area contributed by atoms with Crippen molar-refractivity contribution in [1.82, 2.24) is 15.6 Å². The van der Waals surface area contributed by atoms with Crippen molar-refractivity contribution in [2.45, 2.75) is 58.0 Å². The van der Waals surface area contributed by atoms with Gasteiger partial charge in [0.1, 0.15) is 10.8 Å². The lowest BCUT2D eigenvalue weighted by Crippen LogP contribution is -2.36. The predicted molar refractivity (Wildman–Crippen MR) is 108 cm³/mol. The van der Waals surface area contributed by atoms with Gasteiger partial charge in [0.05, 0.1) is 12.6 Å². The van der Waals surface area contributed by atoms with E-state index < -0.39 is 11.9 Å². The smallest absolute Gasteiger partial charge is 0.434 e. The van der Waals surface area contributed by atoms with Crippen LogP contribution in [-0.2, 0) is 19.3 Å². The first kappa shape index (κ1) is 21.4. The van der Waals surface area contributed by atoms with Crippen LogP contribution in [0, 0.1) is 6.92 Å². The first-order chi connectivity index (χ1) is 13.8. The molecule has 158 valence electrons. The highest BCUT2D eigenvalue weighted by Crippen LogP contribution is 2.30. The van der Waals surface area contributed by atoms with Gasteiger partial charge in [-0.25, -0.2) is 4.98 Å². The highest BCUT2D eigenvalue weighted by Gasteiger charge is 2.33. The van der Waals surface area contributed by atoms with Crippen LogP contribution in [0.5, 0.6) is 5.75 Å². The van der Waals surface area contributed by atoms with Gasteiger partial charge in [0.25, 0.3) is 0 Å². The van der Waals surface area contributed by atoms with Gasteiger partial charge in [-0.05, 0) is 44.2 Å². The van der Waals surface area contributed by atoms with Crippen molar-refractivity contribution >= 4 is 17.3 Å². The number of hydrogen-bond acceptors (Lipinski definition) is 4. The SMILES string of the molecule is CN=C(NCc1nc(C(F)(F)F)cs1)NCc1ccc(C)cc1OC1CCCC1. The number of guanidine groups is 1. The molecular formula is C20H25F3N4OS. The number of benzene rings is 1. The normalized spacial score (nSPS) is 15.6. The molecule has 1 fully saturated rings. The first-order valence-corrected chi connectivity index (χ1v) is 10.5. The van der Waals surface area contributed by atoms with E-state index in [0.717, 1.165) is 46.4 Å². The summed E-state index contributed by atoms with van der Waals surface area (Å²) in [6.07, 6.45) is 0.410. The summed E-state index contributed by atoms with van der Waals surface area (Å²) in [6, 6.07) is 6.10. The third-order valence-electron chi connectivity index (χ3n) is 4.74. The number of halogens is 3. The predicted octanol–water partition coefficient (Wildman–Crippen LogP) is 4.66. The second-order valence-electron chi connectivity index (χ2n) is 7.04. The van der Waals surface area contributed by atoms with Crippen molar-refractivity contribution in [2.24, 2.45) is 4.99 Å². The van der Waals surface area contributed by atoms with Gasteiger partial charge in [0.15, 0.2) is 11.7 Å². The van der Waals surface area contributed by atoms with Crippen LogP contribution in [0.3, 0.4) is 0 Å². The van der Waals surface area contributed by atoms with E-state index in [2.05, 4.69) is 20.6 Å². The number of thiazole rings is 1. The molecule has 9 heteroatoms. The van der Waals surface area contributed by atoms with Gasteiger partial charge < -0.3 is 15.4 Å². The maximum Gasteiger partial charge on any atom is 0.434 e. The van der Waals surface area contributed by atoms with Crippen LogP contribution in [-0.4, -0.2) is 24.1 Å². The van der Waals surface area contributed by atoms with Crippen molar-refractivity contribution in [2.75, 3.05) is 7.05 Å². The van der Waals surface area contributed by atoms with E-state index in [1.54, 1.807) is 7.05 Å². The summed E-state index contributed by atoms with van der Waals surface area (Å²) < 4.78 is 44.2. The van der Waals surface area contributed by atoms with Crippen LogP contribution in [0.4, 0.5) is 13.2 Å². The molecule has 3 rings (SSSR count). The Morgan fingerprint density at radius 2 is 1.97 bits per heavy atom. The zero-order valence-corrected chi connectivity index (χ0v) is 17.3. The van der Waals surface area contributed by atoms with Gasteiger partial charge in [0.2, 0.25) is 0 Å². The van der Waals surface area contributed by atoms with Gasteiger partial charge in [-0.2, -0.15) is 13.2 Å². The number of hydrogen-bond donors (Lipinski definition) is 2. The molecule has 0 bridgehead atoms. The van der Waals surface area contributed by atoms with Crippen molar-refractivity contribution < 1.29 is 17.9 Å². The van der Waals surface area contributed by atoms with E-state index in [4.69, 9.17) is 4.74 Å². The molecular weight excluding hydrogens is 401 g/mol. The lowest BCUT2D eigenvalue weighted by Gasteiger charge is -2.18. The minimum absolute atomic E-state index is 0.166. The molecule has 1 aromatic heterocycles. The summed E-state index contributed by atoms with van der Waals surface area (Å²) in [6.45, 7) is 2.69. The fourth-order valence-corrected chi connectivity index (χ4v) is 3.93. The summed E-state index contributed by atoms with van der Waals surface area (Å²) >= 11 is 0.969. The minimum atomic E-state index is -4.42. The van der Waals surface area contributed by atoms with Crippen molar-refractivity contribution in [3.05, 3.63) is 45.4 Å². The van der Waals surface area contributed by atoms with Crippen LogP contribution in [0.2, 0.25) is 0 Å². The van der Waals surface area contributed by atoms with E-state index in [1.807, 2.05) is 25.1 Å². The molecule has 0 atom stereocenters. The fraction of sp³-hybridized carbons (Fsp3) is 0.500. The second-order valence-corrected chi connectivity index (χ2v) is 7.98. The Morgan fingerprint density at radius 3 is 2.62 bits per heavy atom. The Hall–Kier alpha value is -2.29. The molecule has 0 unspecified atom stereocenters. The number of rotatable bonds is 6. The lowest BCUT2D eigenvalue weighted by atomic mass is 10.1. The van der Waals surface area contributed by atoms with Crippen molar-refractivity contribution in [1.29, 1.82) is 0 Å². The third kappa shape index (κ3) is 6.09. The molecule has 0 aliphatic heterocycles. The maximum atomic E-state index is 12.7. The zero-order chi connectivity index (χ0) is 20.9. The Kier molecular flexibility index (Phi) is 7.00. The Balaban J connectivity index is 1.57. The minimum Gasteiger partial charge on any atom is -0.490 e. The number of nitrogens with one attached hydrogen (secondary N) is 2. The molecule has 0 saturated heterocycles. The highest BCUT2D eigenvalue weighted by atomic mass is 32.1. The number of aromatic nitrogens is 1. The molecule has 1 aliphatic rings. The van der Waals surface area contributed by atoms with E-state index in [-0.39, 0.29) is 12.6 Å². The lowest BCUT2D eigenvalue weighted by molar-refractivity contribution is -0.140. The number of nitrogens with zero attached hydrogens (tertiary/aromatic N) is 2. The Bertz CT molecular complexity index is 844. The topological polar surface area (TPSA) is 58.5 Å². The molecule has 2 N–H and O–H groups in total. The van der Waals surface area contributed by atoms with Gasteiger partial charge in [-0.15, -0.1) is 11.3 Å². The molecule has 1 heterocycles. The standard InChI is InChI=1S/C20H25F3N4OS/c1-13-7-8-14(16(9-13)28-15-5-3-4-6-15)10-25-19(24-2)26-11-18-27-17(12-29-18)20(21,22)23/h7-9,12,15H,3-6,10-11H2,1-2H3,(H2,24,25,26). The van der Waals surface area contributed by atoms with Gasteiger partial charge in [-0.1, -0.05) is 12.1 Å². The quantitative estimate of drug-likeness (QED) is 0.521. The summed E-state index contributed by atoms with van der Waals surface area (Å²) in [5.74, 6) is 1.36. The molecule has 1 saturated carbocycles. The monoisotopic (exact) mass is 426 g/mol. The van der Waals surface area contributed by atoms with Gasteiger partial charge >= 0.3 is 6.18 Å². The van der Waals surface area contributed by atoms with E-state index in [9.17, 15) is 13.2 Å². The second kappa shape index (κ2) is 9.47. The number of alkyl halides is 3. The van der Waals surface area contributed by atoms with Crippen LogP contribution < -0.4 is 15.4 Å². The molecule has 2 aromatic rings. The zero-order valence-electron chi connectivity index (χ0n) is 16.5. The van der Waals surface area contributed by atoms with Crippen LogP contribution in [0.25, 0.3) is 0 Å². The van der Waals surface area contributed by atoms with Crippen LogP contribution >= 0.6 is 11.3 Å². The largest absolute Gasteiger partial charge is 0.490 e. The molecule has 0 radical (unpaired) electrons. The molecule has 5 nitrogen and oxygen atoms in total. The third-order valence-corrected chi connectivity index (χ3v) is 5.59. The number of aryl methyl sites for hydroxylation is 1.